The van der Waals surface area contributed by atoms with Crippen LogP contribution in [0.1, 0.15) is 37.8 Å². The van der Waals surface area contributed by atoms with Crippen molar-refractivity contribution in [2.24, 2.45) is 0 Å². The van der Waals surface area contributed by atoms with Gasteiger partial charge in [-0.2, -0.15) is 0 Å². The Hall–Kier alpha value is -1.39. The third kappa shape index (κ3) is 4.29. The van der Waals surface area contributed by atoms with Gasteiger partial charge in [-0.05, 0) is 38.5 Å². The molecule has 1 saturated heterocycles. The highest BCUT2D eigenvalue weighted by atomic mass is 16.4. The molecule has 4 heteroatoms. The predicted octanol–water partition coefficient (Wildman–Crippen LogP) is 2.62. The Bertz CT molecular complexity index is 449. The Morgan fingerprint density at radius 2 is 2.14 bits per heavy atom. The van der Waals surface area contributed by atoms with Crippen molar-refractivity contribution in [3.8, 4) is 0 Å². The average Bonchev–Trinajstić information content (AvgIpc) is 2.92. The molecule has 0 bridgehead atoms. The number of likely N-dealkylation sites (N-methyl/N-ethyl adjacent to an activating group) is 2. The Balaban J connectivity index is 2.07. The van der Waals surface area contributed by atoms with Crippen LogP contribution >= 0.6 is 0 Å². The number of rotatable bonds is 7. The first kappa shape index (κ1) is 16.0. The maximum absolute atomic E-state index is 11.2. The molecule has 1 heterocycles. The SMILES string of the molecule is CCN1CCCC1CN(C)C(CC(=O)O)c1ccccc1. The summed E-state index contributed by atoms with van der Waals surface area (Å²) in [6.07, 6.45) is 2.62. The summed E-state index contributed by atoms with van der Waals surface area (Å²) >= 11 is 0. The van der Waals surface area contributed by atoms with Crippen LogP contribution in [-0.4, -0.2) is 53.6 Å². The first-order valence-corrected chi connectivity index (χ1v) is 7.82. The van der Waals surface area contributed by atoms with Crippen molar-refractivity contribution in [3.63, 3.8) is 0 Å². The summed E-state index contributed by atoms with van der Waals surface area (Å²) in [6, 6.07) is 10.5. The van der Waals surface area contributed by atoms with E-state index in [0.29, 0.717) is 6.04 Å². The number of carboxylic acid groups (broad SMARTS) is 1. The van der Waals surface area contributed by atoms with Crippen LogP contribution in [0.25, 0.3) is 0 Å². The topological polar surface area (TPSA) is 43.8 Å². The molecule has 0 spiro atoms. The Kier molecular flexibility index (Phi) is 5.76. The second-order valence-electron chi connectivity index (χ2n) is 5.89. The van der Waals surface area contributed by atoms with Gasteiger partial charge in [0.25, 0.3) is 0 Å². The first-order valence-electron chi connectivity index (χ1n) is 7.82. The van der Waals surface area contributed by atoms with E-state index in [1.165, 1.54) is 19.4 Å². The number of aliphatic carboxylic acids is 1. The highest BCUT2D eigenvalue weighted by Crippen LogP contribution is 2.26. The molecule has 0 amide bonds. The molecule has 1 aliphatic rings. The van der Waals surface area contributed by atoms with Gasteiger partial charge in [-0.25, -0.2) is 0 Å². The van der Waals surface area contributed by atoms with E-state index < -0.39 is 5.97 Å². The highest BCUT2D eigenvalue weighted by molar-refractivity contribution is 5.67. The van der Waals surface area contributed by atoms with Crippen LogP contribution < -0.4 is 0 Å². The molecule has 0 aromatic heterocycles. The molecule has 0 saturated carbocycles. The number of hydrogen-bond acceptors (Lipinski definition) is 3. The number of hydrogen-bond donors (Lipinski definition) is 1. The van der Waals surface area contributed by atoms with E-state index in [4.69, 9.17) is 0 Å². The summed E-state index contributed by atoms with van der Waals surface area (Å²) in [5, 5.41) is 9.22. The van der Waals surface area contributed by atoms with Crippen molar-refractivity contribution < 1.29 is 9.90 Å². The van der Waals surface area contributed by atoms with Gasteiger partial charge in [-0.1, -0.05) is 37.3 Å². The molecule has 1 fully saturated rings. The summed E-state index contributed by atoms with van der Waals surface area (Å²) < 4.78 is 0. The molecule has 1 aromatic rings. The van der Waals surface area contributed by atoms with E-state index in [0.717, 1.165) is 18.7 Å². The third-order valence-corrected chi connectivity index (χ3v) is 4.49. The predicted molar refractivity (Wildman–Crippen MR) is 84.3 cm³/mol. The van der Waals surface area contributed by atoms with E-state index in [2.05, 4.69) is 16.7 Å². The van der Waals surface area contributed by atoms with Crippen molar-refractivity contribution >= 4 is 5.97 Å². The van der Waals surface area contributed by atoms with Crippen LogP contribution in [0.15, 0.2) is 30.3 Å². The quantitative estimate of drug-likeness (QED) is 0.838. The van der Waals surface area contributed by atoms with Gasteiger partial charge in [0.1, 0.15) is 0 Å². The summed E-state index contributed by atoms with van der Waals surface area (Å²) in [5.74, 6) is -0.741. The van der Waals surface area contributed by atoms with Crippen LogP contribution in [0, 0.1) is 0 Å². The van der Waals surface area contributed by atoms with Gasteiger partial charge in [0.2, 0.25) is 0 Å². The zero-order valence-electron chi connectivity index (χ0n) is 13.0. The van der Waals surface area contributed by atoms with Crippen molar-refractivity contribution in [2.45, 2.75) is 38.3 Å². The van der Waals surface area contributed by atoms with E-state index in [1.54, 1.807) is 0 Å². The van der Waals surface area contributed by atoms with E-state index in [9.17, 15) is 9.90 Å². The average molecular weight is 290 g/mol. The van der Waals surface area contributed by atoms with Crippen LogP contribution in [0.5, 0.6) is 0 Å². The lowest BCUT2D eigenvalue weighted by molar-refractivity contribution is -0.138. The smallest absolute Gasteiger partial charge is 0.305 e. The molecule has 21 heavy (non-hydrogen) atoms. The fraction of sp³-hybridized carbons (Fsp3) is 0.588. The summed E-state index contributed by atoms with van der Waals surface area (Å²) in [6.45, 7) is 5.38. The number of benzene rings is 1. The molecule has 0 aliphatic carbocycles. The zero-order valence-corrected chi connectivity index (χ0v) is 13.0. The summed E-state index contributed by atoms with van der Waals surface area (Å²) in [7, 11) is 2.05. The largest absolute Gasteiger partial charge is 0.481 e. The standard InChI is InChI=1S/C17H26N2O2/c1-3-19-11-7-10-15(19)13-18(2)16(12-17(20)21)14-8-5-4-6-9-14/h4-6,8-9,15-16H,3,7,10-13H2,1-2H3,(H,20,21). The number of carboxylic acids is 1. The van der Waals surface area contributed by atoms with Gasteiger partial charge in [0.15, 0.2) is 0 Å². The molecule has 2 atom stereocenters. The van der Waals surface area contributed by atoms with Gasteiger partial charge in [-0.3, -0.25) is 14.6 Å². The third-order valence-electron chi connectivity index (χ3n) is 4.49. The molecule has 0 radical (unpaired) electrons. The molecule has 1 aliphatic heterocycles. The minimum atomic E-state index is -0.741. The zero-order chi connectivity index (χ0) is 15.2. The molecule has 2 unspecified atom stereocenters. The fourth-order valence-electron chi connectivity index (χ4n) is 3.35. The molecule has 1 N–H and O–H groups in total. The van der Waals surface area contributed by atoms with Crippen LogP contribution in [0.4, 0.5) is 0 Å². The van der Waals surface area contributed by atoms with E-state index in [1.807, 2.05) is 37.4 Å². The second-order valence-corrected chi connectivity index (χ2v) is 5.89. The number of nitrogens with zero attached hydrogens (tertiary/aromatic N) is 2. The van der Waals surface area contributed by atoms with Crippen molar-refractivity contribution in [1.82, 2.24) is 9.80 Å². The Morgan fingerprint density at radius 3 is 2.76 bits per heavy atom. The van der Waals surface area contributed by atoms with Crippen LogP contribution in [-0.2, 0) is 4.79 Å². The molecule has 4 nitrogen and oxygen atoms in total. The number of carbonyl (C=O) groups is 1. The minimum Gasteiger partial charge on any atom is -0.481 e. The van der Waals surface area contributed by atoms with Crippen LogP contribution in [0.3, 0.4) is 0 Å². The lowest BCUT2D eigenvalue weighted by Crippen LogP contribution is -2.40. The normalized spacial score (nSPS) is 20.8. The van der Waals surface area contributed by atoms with E-state index >= 15 is 0 Å². The second kappa shape index (κ2) is 7.57. The molecule has 2 rings (SSSR count). The monoisotopic (exact) mass is 290 g/mol. The minimum absolute atomic E-state index is 0.0528. The lowest BCUT2D eigenvalue weighted by Gasteiger charge is -2.32. The summed E-state index contributed by atoms with van der Waals surface area (Å²) in [5.41, 5.74) is 1.09. The highest BCUT2D eigenvalue weighted by Gasteiger charge is 2.28. The maximum Gasteiger partial charge on any atom is 0.305 e. The molecule has 1 aromatic carbocycles. The van der Waals surface area contributed by atoms with Gasteiger partial charge in [-0.15, -0.1) is 0 Å². The maximum atomic E-state index is 11.2. The molecular weight excluding hydrogens is 264 g/mol. The van der Waals surface area contributed by atoms with E-state index in [-0.39, 0.29) is 12.5 Å². The lowest BCUT2D eigenvalue weighted by atomic mass is 10.0. The van der Waals surface area contributed by atoms with Gasteiger partial charge in [0, 0.05) is 18.6 Å². The van der Waals surface area contributed by atoms with Crippen molar-refractivity contribution in [1.29, 1.82) is 0 Å². The van der Waals surface area contributed by atoms with Crippen molar-refractivity contribution in [3.05, 3.63) is 35.9 Å². The Labute approximate surface area is 127 Å². The Morgan fingerprint density at radius 1 is 1.43 bits per heavy atom. The van der Waals surface area contributed by atoms with Gasteiger partial charge < -0.3 is 5.11 Å². The van der Waals surface area contributed by atoms with Gasteiger partial charge >= 0.3 is 5.97 Å². The van der Waals surface area contributed by atoms with Gasteiger partial charge in [0.05, 0.1) is 6.42 Å². The van der Waals surface area contributed by atoms with Crippen LogP contribution in [0.2, 0.25) is 0 Å². The molecular formula is C17H26N2O2. The fourth-order valence-corrected chi connectivity index (χ4v) is 3.35. The summed E-state index contributed by atoms with van der Waals surface area (Å²) in [4.78, 5) is 15.9. The van der Waals surface area contributed by atoms with Crippen molar-refractivity contribution in [2.75, 3.05) is 26.7 Å². The number of likely N-dealkylation sites (tertiary alicyclic amines) is 1. The molecule has 116 valence electrons. The first-order chi connectivity index (χ1) is 10.1.